The van der Waals surface area contributed by atoms with Crippen LogP contribution in [0.3, 0.4) is 0 Å². The summed E-state index contributed by atoms with van der Waals surface area (Å²) in [6.07, 6.45) is 0. The van der Waals surface area contributed by atoms with Crippen molar-refractivity contribution in [1.29, 1.82) is 0 Å². The van der Waals surface area contributed by atoms with Gasteiger partial charge in [0.15, 0.2) is 0 Å². The highest BCUT2D eigenvalue weighted by Crippen LogP contribution is 2.38. The van der Waals surface area contributed by atoms with Crippen molar-refractivity contribution in [2.75, 3.05) is 0 Å². The minimum atomic E-state index is -0.377. The van der Waals surface area contributed by atoms with Crippen LogP contribution in [0, 0.1) is 0 Å². The van der Waals surface area contributed by atoms with E-state index in [0.29, 0.717) is 0 Å². The highest BCUT2D eigenvalue weighted by molar-refractivity contribution is 7.21. The lowest BCUT2D eigenvalue weighted by atomic mass is 9.76. The van der Waals surface area contributed by atoms with E-state index in [1.807, 2.05) is 30.3 Å². The third kappa shape index (κ3) is 2.48. The SMILES string of the molecule is CC1(C)OB(c2ccccc2-c2nc3ccccc3s2)OC1(C)C. The second-order valence-corrected chi connectivity index (χ2v) is 8.19. The number of hydrogen-bond donors (Lipinski definition) is 0. The predicted octanol–water partition coefficient (Wildman–Crippen LogP) is 4.26. The molecule has 0 atom stereocenters. The first-order valence-corrected chi connectivity index (χ1v) is 8.99. The average Bonchev–Trinajstić information content (AvgIpc) is 3.06. The number of nitrogens with zero attached hydrogens (tertiary/aromatic N) is 1. The highest BCUT2D eigenvalue weighted by atomic mass is 32.1. The van der Waals surface area contributed by atoms with Crippen LogP contribution in [0.5, 0.6) is 0 Å². The topological polar surface area (TPSA) is 31.4 Å². The molecule has 2 heterocycles. The summed E-state index contributed by atoms with van der Waals surface area (Å²) in [5, 5.41) is 1.00. The maximum absolute atomic E-state index is 6.24. The molecule has 122 valence electrons. The summed E-state index contributed by atoms with van der Waals surface area (Å²) in [5.74, 6) is 0. The van der Waals surface area contributed by atoms with Crippen LogP contribution in [0.15, 0.2) is 48.5 Å². The number of aromatic nitrogens is 1. The van der Waals surface area contributed by atoms with Gasteiger partial charge in [0.05, 0.1) is 21.4 Å². The molecular formula is C19H20BNO2S. The van der Waals surface area contributed by atoms with Crippen LogP contribution in [0.2, 0.25) is 0 Å². The van der Waals surface area contributed by atoms with Gasteiger partial charge >= 0.3 is 7.12 Å². The van der Waals surface area contributed by atoms with Crippen molar-refractivity contribution in [1.82, 2.24) is 4.98 Å². The molecule has 0 N–H and O–H groups in total. The fourth-order valence-electron chi connectivity index (χ4n) is 2.85. The Hall–Kier alpha value is -1.69. The zero-order valence-corrected chi connectivity index (χ0v) is 15.2. The number of fused-ring (bicyclic) bond motifs is 1. The van der Waals surface area contributed by atoms with E-state index in [9.17, 15) is 0 Å². The van der Waals surface area contributed by atoms with E-state index in [1.54, 1.807) is 11.3 Å². The van der Waals surface area contributed by atoms with Gasteiger partial charge in [-0.05, 0) is 45.3 Å². The Morgan fingerprint density at radius 1 is 0.875 bits per heavy atom. The van der Waals surface area contributed by atoms with Crippen molar-refractivity contribution in [3.05, 3.63) is 48.5 Å². The first-order chi connectivity index (χ1) is 11.4. The molecule has 3 nitrogen and oxygen atoms in total. The summed E-state index contributed by atoms with van der Waals surface area (Å²) in [6, 6.07) is 16.5. The Morgan fingerprint density at radius 2 is 1.50 bits per heavy atom. The maximum atomic E-state index is 6.24. The fraction of sp³-hybridized carbons (Fsp3) is 0.316. The molecule has 1 aromatic heterocycles. The third-order valence-corrected chi connectivity index (χ3v) is 6.06. The van der Waals surface area contributed by atoms with E-state index < -0.39 is 0 Å². The second-order valence-electron chi connectivity index (χ2n) is 7.16. The van der Waals surface area contributed by atoms with Crippen molar-refractivity contribution in [3.63, 3.8) is 0 Å². The normalized spacial score (nSPS) is 19.1. The molecule has 1 aliphatic rings. The van der Waals surface area contributed by atoms with Crippen LogP contribution in [0.25, 0.3) is 20.8 Å². The zero-order chi connectivity index (χ0) is 16.9. The van der Waals surface area contributed by atoms with Gasteiger partial charge in [-0.15, -0.1) is 11.3 Å². The lowest BCUT2D eigenvalue weighted by molar-refractivity contribution is 0.00578. The van der Waals surface area contributed by atoms with Gasteiger partial charge in [0, 0.05) is 5.56 Å². The molecule has 24 heavy (non-hydrogen) atoms. The Labute approximate surface area is 146 Å². The first-order valence-electron chi connectivity index (χ1n) is 8.18. The van der Waals surface area contributed by atoms with Gasteiger partial charge in [0.25, 0.3) is 0 Å². The molecule has 0 bridgehead atoms. The van der Waals surface area contributed by atoms with Gasteiger partial charge in [-0.2, -0.15) is 0 Å². The Morgan fingerprint density at radius 3 is 2.21 bits per heavy atom. The Balaban J connectivity index is 1.79. The summed E-state index contributed by atoms with van der Waals surface area (Å²) in [5.41, 5.74) is 2.45. The van der Waals surface area contributed by atoms with Gasteiger partial charge in [-0.3, -0.25) is 0 Å². The third-order valence-electron chi connectivity index (χ3n) is 4.99. The van der Waals surface area contributed by atoms with E-state index in [4.69, 9.17) is 14.3 Å². The first kappa shape index (κ1) is 15.8. The molecule has 1 saturated heterocycles. The van der Waals surface area contributed by atoms with E-state index in [-0.39, 0.29) is 18.3 Å². The quantitative estimate of drug-likeness (QED) is 0.655. The summed E-state index contributed by atoms with van der Waals surface area (Å²) in [6.45, 7) is 8.31. The van der Waals surface area contributed by atoms with E-state index in [0.717, 1.165) is 21.6 Å². The molecule has 1 fully saturated rings. The molecule has 2 aromatic carbocycles. The van der Waals surface area contributed by atoms with Crippen molar-refractivity contribution in [3.8, 4) is 10.6 Å². The second kappa shape index (κ2) is 5.41. The van der Waals surface area contributed by atoms with Crippen molar-refractivity contribution < 1.29 is 9.31 Å². The molecule has 3 aromatic rings. The van der Waals surface area contributed by atoms with Gasteiger partial charge in [0.1, 0.15) is 5.01 Å². The standard InChI is InChI=1S/C19H20BNO2S/c1-18(2)19(3,4)23-20(22-18)14-10-6-5-9-13(14)17-21-15-11-7-8-12-16(15)24-17/h5-12H,1-4H3. The number of rotatable bonds is 2. The average molecular weight is 337 g/mol. The van der Waals surface area contributed by atoms with Crippen LogP contribution in [-0.4, -0.2) is 23.3 Å². The predicted molar refractivity (Wildman–Crippen MR) is 101 cm³/mol. The lowest BCUT2D eigenvalue weighted by Crippen LogP contribution is -2.41. The molecular weight excluding hydrogens is 317 g/mol. The smallest absolute Gasteiger partial charge is 0.399 e. The van der Waals surface area contributed by atoms with Gasteiger partial charge < -0.3 is 9.31 Å². The van der Waals surface area contributed by atoms with Gasteiger partial charge in [-0.25, -0.2) is 4.98 Å². The van der Waals surface area contributed by atoms with Crippen molar-refractivity contribution >= 4 is 34.1 Å². The number of para-hydroxylation sites is 1. The number of thiazole rings is 1. The maximum Gasteiger partial charge on any atom is 0.495 e. The molecule has 0 aliphatic carbocycles. The molecule has 0 unspecified atom stereocenters. The molecule has 4 rings (SSSR count). The van der Waals surface area contributed by atoms with Crippen molar-refractivity contribution in [2.24, 2.45) is 0 Å². The molecule has 0 spiro atoms. The monoisotopic (exact) mass is 337 g/mol. The van der Waals surface area contributed by atoms with Crippen LogP contribution < -0.4 is 5.46 Å². The molecule has 1 aliphatic heterocycles. The van der Waals surface area contributed by atoms with Crippen molar-refractivity contribution in [2.45, 2.75) is 38.9 Å². The molecule has 0 amide bonds. The minimum absolute atomic E-state index is 0.349. The summed E-state index contributed by atoms with van der Waals surface area (Å²) < 4.78 is 13.7. The zero-order valence-electron chi connectivity index (χ0n) is 14.4. The van der Waals surface area contributed by atoms with Crippen LogP contribution in [0.4, 0.5) is 0 Å². The Bertz CT molecular complexity index is 854. The summed E-state index contributed by atoms with van der Waals surface area (Å²) >= 11 is 1.70. The van der Waals surface area contributed by atoms with Crippen LogP contribution >= 0.6 is 11.3 Å². The van der Waals surface area contributed by atoms with Gasteiger partial charge in [-0.1, -0.05) is 36.4 Å². The van der Waals surface area contributed by atoms with E-state index in [2.05, 4.69) is 45.9 Å². The van der Waals surface area contributed by atoms with Crippen LogP contribution in [0.1, 0.15) is 27.7 Å². The van der Waals surface area contributed by atoms with E-state index >= 15 is 0 Å². The Kier molecular flexibility index (Phi) is 3.57. The molecule has 0 saturated carbocycles. The summed E-state index contributed by atoms with van der Waals surface area (Å²) in [7, 11) is -0.377. The number of benzene rings is 2. The fourth-order valence-corrected chi connectivity index (χ4v) is 3.87. The lowest BCUT2D eigenvalue weighted by Gasteiger charge is -2.32. The van der Waals surface area contributed by atoms with E-state index in [1.165, 1.54) is 4.70 Å². The van der Waals surface area contributed by atoms with Gasteiger partial charge in [0.2, 0.25) is 0 Å². The molecule has 5 heteroatoms. The van der Waals surface area contributed by atoms with Crippen LogP contribution in [-0.2, 0) is 9.31 Å². The largest absolute Gasteiger partial charge is 0.495 e. The molecule has 0 radical (unpaired) electrons. The number of hydrogen-bond acceptors (Lipinski definition) is 4. The minimum Gasteiger partial charge on any atom is -0.399 e. The highest BCUT2D eigenvalue weighted by Gasteiger charge is 2.52. The summed E-state index contributed by atoms with van der Waals surface area (Å²) in [4.78, 5) is 4.80.